The van der Waals surface area contributed by atoms with Crippen LogP contribution in [0.3, 0.4) is 0 Å². The third kappa shape index (κ3) is 10.9. The number of hydrogen-bond donors (Lipinski definition) is 15. The Labute approximate surface area is 494 Å². The molecule has 0 spiro atoms. The number of hydrogen-bond acceptors (Lipinski definition) is 18. The lowest BCUT2D eigenvalue weighted by Gasteiger charge is -2.31. The number of likely N-dealkylation sites (N-methyl/N-ethyl adjacent to an activating group) is 1. The summed E-state index contributed by atoms with van der Waals surface area (Å²) in [4.78, 5) is 103. The summed E-state index contributed by atoms with van der Waals surface area (Å²) in [6.45, 7) is 0. The van der Waals surface area contributed by atoms with Crippen molar-refractivity contribution in [1.29, 1.82) is 0 Å². The highest BCUT2D eigenvalue weighted by molar-refractivity contribution is 6.33. The number of nitrogens with one attached hydrogen (secondary N) is 7. The van der Waals surface area contributed by atoms with E-state index in [4.69, 9.17) is 37.4 Å². The van der Waals surface area contributed by atoms with Crippen LogP contribution >= 0.6 is 23.2 Å². The van der Waals surface area contributed by atoms with Gasteiger partial charge < -0.3 is 92.3 Å². The second-order valence-electron chi connectivity index (χ2n) is 20.3. The van der Waals surface area contributed by atoms with Crippen molar-refractivity contribution in [1.82, 2.24) is 37.2 Å². The van der Waals surface area contributed by atoms with Crippen LogP contribution in [0.5, 0.6) is 69.0 Å². The number of amides is 6. The second-order valence-corrected chi connectivity index (χ2v) is 21.1. The van der Waals surface area contributed by atoms with Crippen molar-refractivity contribution in [3.63, 3.8) is 0 Å². The predicted molar refractivity (Wildman–Crippen MR) is 300 cm³/mol. The lowest BCUT2D eigenvalue weighted by atomic mass is 9.89. The summed E-state index contributed by atoms with van der Waals surface area (Å²) in [5.41, 5.74) is -1.87. The molecule has 0 aromatic heterocycles. The van der Waals surface area contributed by atoms with Gasteiger partial charge in [0.25, 0.3) is 0 Å². The van der Waals surface area contributed by atoms with Gasteiger partial charge in [-0.05, 0) is 108 Å². The summed E-state index contributed by atoms with van der Waals surface area (Å²) in [6, 6.07) is 9.35. The van der Waals surface area contributed by atoms with E-state index in [0.29, 0.717) is 5.56 Å². The predicted octanol–water partition coefficient (Wildman–Crippen LogP) is 5.25. The molecular formula is C59H47Cl2N7O18. The summed E-state index contributed by atoms with van der Waals surface area (Å²) in [6.07, 6.45) is -2.38. The van der Waals surface area contributed by atoms with Gasteiger partial charge in [-0.1, -0.05) is 53.5 Å². The number of aliphatic carboxylic acids is 1. The van der Waals surface area contributed by atoms with Crippen LogP contribution in [-0.2, 0) is 40.0 Å². The van der Waals surface area contributed by atoms with Crippen molar-refractivity contribution in [3.8, 4) is 80.1 Å². The molecule has 15 N–H and O–H groups in total. The number of benzene rings is 7. The average Bonchev–Trinajstić information content (AvgIpc) is 2.35. The molecule has 6 amide bonds. The first kappa shape index (κ1) is 57.4. The topological polar surface area (TPSA) is 393 Å². The third-order valence-electron chi connectivity index (χ3n) is 14.7. The Balaban J connectivity index is 1.14. The molecule has 0 fully saturated rings. The number of aromatic hydroxyl groups is 6. The zero-order valence-corrected chi connectivity index (χ0v) is 45.7. The Morgan fingerprint density at radius 1 is 0.523 bits per heavy atom. The average molecular weight is 1210 g/mol. The van der Waals surface area contributed by atoms with Gasteiger partial charge in [0.15, 0.2) is 29.0 Å². The molecule has 440 valence electrons. The number of phenols is 6. The molecule has 13 rings (SSSR count). The summed E-state index contributed by atoms with van der Waals surface area (Å²) < 4.78 is 18.5. The molecule has 6 heterocycles. The SMILES string of the molecule is CN[C@@H]1C(=O)N[C@@H]2Cc3ccc(cc3)Oc3cc4cc(c3O)Oc3ccc(cc3Cl)[C@@H](O)[C@@H]3NC(=O)[C@H](NC(=O)[C@@H]4NC(=O)[C@@H](NC2=O)c2cc(cc(O)c2Cl)Oc2cc1ccc2O)c1ccc(O)c(c1)-c1c(O)cc(O)cc1[C@H](C(=O)O)NC3=O. The van der Waals surface area contributed by atoms with Gasteiger partial charge in [0.05, 0.1) is 10.0 Å². The van der Waals surface area contributed by atoms with E-state index in [1.165, 1.54) is 61.6 Å². The minimum atomic E-state index is -2.19. The van der Waals surface area contributed by atoms with E-state index in [1.54, 1.807) is 0 Å². The first-order valence-electron chi connectivity index (χ1n) is 26.0. The third-order valence-corrected chi connectivity index (χ3v) is 15.4. The van der Waals surface area contributed by atoms with Crippen LogP contribution in [0.1, 0.15) is 75.3 Å². The van der Waals surface area contributed by atoms with E-state index in [2.05, 4.69) is 37.2 Å². The molecule has 7 aromatic rings. The van der Waals surface area contributed by atoms with Crippen molar-refractivity contribution in [2.24, 2.45) is 0 Å². The lowest BCUT2D eigenvalue weighted by Crippen LogP contribution is -2.55. The number of ether oxygens (including phenoxy) is 3. The normalized spacial score (nSPS) is 21.9. The van der Waals surface area contributed by atoms with E-state index in [-0.39, 0.29) is 56.7 Å². The van der Waals surface area contributed by atoms with Crippen LogP contribution in [0.2, 0.25) is 10.0 Å². The Morgan fingerprint density at radius 2 is 1.15 bits per heavy atom. The molecule has 7 aromatic carbocycles. The number of rotatable bonds is 2. The number of halogens is 2. The minimum absolute atomic E-state index is 0.0430. The van der Waals surface area contributed by atoms with Gasteiger partial charge in [-0.2, -0.15) is 0 Å². The molecule has 0 radical (unpaired) electrons. The van der Waals surface area contributed by atoms with E-state index in [0.717, 1.165) is 60.7 Å². The Kier molecular flexibility index (Phi) is 15.1. The fraction of sp³-hybridized carbons (Fsp3) is 0.169. The lowest BCUT2D eigenvalue weighted by molar-refractivity contribution is -0.143. The van der Waals surface area contributed by atoms with Gasteiger partial charge in [-0.15, -0.1) is 0 Å². The Bertz CT molecular complexity index is 4040. The van der Waals surface area contributed by atoms with Crippen molar-refractivity contribution in [3.05, 3.63) is 164 Å². The quantitative estimate of drug-likeness (QED) is 0.105. The molecule has 0 aliphatic carbocycles. The van der Waals surface area contributed by atoms with E-state index in [9.17, 15) is 60.0 Å². The highest BCUT2D eigenvalue weighted by atomic mass is 35.5. The zero-order valence-electron chi connectivity index (χ0n) is 44.2. The van der Waals surface area contributed by atoms with Gasteiger partial charge >= 0.3 is 5.97 Å². The largest absolute Gasteiger partial charge is 0.508 e. The summed E-state index contributed by atoms with van der Waals surface area (Å²) >= 11 is 13.6. The van der Waals surface area contributed by atoms with Crippen LogP contribution in [-0.4, -0.2) is 101 Å². The van der Waals surface area contributed by atoms with Gasteiger partial charge in [-0.25, -0.2) is 4.79 Å². The first-order valence-corrected chi connectivity index (χ1v) is 26.7. The molecule has 86 heavy (non-hydrogen) atoms. The second kappa shape index (κ2) is 22.6. The molecule has 0 saturated heterocycles. The standard InChI is InChI=1S/C59H47Cl2N7O18/c1-62-45-24-5-10-36(71)40(15-24)85-29-20-32(44(61)38(73)21-29)48-57(80)65-47-26-16-41(84-28-7-2-22(3-8-28)12-34(53(76)66-48)63-54(45)77)52(75)42(17-26)86-39-11-6-25(14-33(39)60)51(74)50-58(81)67-49(59(82)83)31-18-27(69)19-37(72)43(31)30-13-23(4-9-35(30)70)46(55(78)68-50)64-56(47)79/h2-11,13-21,34,45-51,62,69-75H,12H2,1H3,(H,63,77)(H,64,79)(H,65,80)(H,66,76)(H,67,81)(H,68,78)(H,82,83)/t34-,45+,46-,47-,48+,49-,50+,51-/m1/s1. The van der Waals surface area contributed by atoms with Crippen LogP contribution in [0.4, 0.5) is 0 Å². The first-order chi connectivity index (χ1) is 41.0. The van der Waals surface area contributed by atoms with Gasteiger partial charge in [-0.3, -0.25) is 28.8 Å². The fourth-order valence-electron chi connectivity index (χ4n) is 10.5. The molecule has 8 atom stereocenters. The molecule has 0 unspecified atom stereocenters. The smallest absolute Gasteiger partial charge is 0.330 e. The minimum Gasteiger partial charge on any atom is -0.508 e. The van der Waals surface area contributed by atoms with Crippen LogP contribution in [0.15, 0.2) is 115 Å². The molecule has 17 bridgehead atoms. The number of carboxylic acid groups (broad SMARTS) is 1. The highest BCUT2D eigenvalue weighted by Gasteiger charge is 2.41. The number of carboxylic acids is 1. The summed E-state index contributed by atoms with van der Waals surface area (Å²) in [7, 11) is 1.46. The zero-order chi connectivity index (χ0) is 61.2. The van der Waals surface area contributed by atoms with E-state index < -0.39 is 163 Å². The van der Waals surface area contributed by atoms with Crippen LogP contribution < -0.4 is 51.4 Å². The Hall–Kier alpha value is -10.5. The van der Waals surface area contributed by atoms with Crippen molar-refractivity contribution >= 4 is 64.6 Å². The summed E-state index contributed by atoms with van der Waals surface area (Å²) in [5, 5.41) is 108. The fourth-order valence-corrected chi connectivity index (χ4v) is 10.9. The molecule has 27 heteroatoms. The number of aliphatic hydroxyl groups is 1. The van der Waals surface area contributed by atoms with Gasteiger partial charge in [0.2, 0.25) is 41.2 Å². The highest BCUT2D eigenvalue weighted by Crippen LogP contribution is 2.48. The molecule has 6 aliphatic rings. The molecular weight excluding hydrogens is 1170 g/mol. The van der Waals surface area contributed by atoms with Crippen molar-refractivity contribution in [2.45, 2.75) is 54.8 Å². The monoisotopic (exact) mass is 1210 g/mol. The maximum Gasteiger partial charge on any atom is 0.330 e. The summed E-state index contributed by atoms with van der Waals surface area (Å²) in [5.74, 6) is -14.6. The maximum absolute atomic E-state index is 15.7. The Morgan fingerprint density at radius 3 is 1.86 bits per heavy atom. The van der Waals surface area contributed by atoms with Crippen molar-refractivity contribution < 1.29 is 88.6 Å². The van der Waals surface area contributed by atoms with Gasteiger partial charge in [0.1, 0.15) is 82.6 Å². The van der Waals surface area contributed by atoms with E-state index in [1.807, 2.05) is 0 Å². The number of phenolic OH excluding ortho intramolecular Hbond substituents is 6. The van der Waals surface area contributed by atoms with Crippen LogP contribution in [0, 0.1) is 0 Å². The van der Waals surface area contributed by atoms with E-state index >= 15 is 14.4 Å². The van der Waals surface area contributed by atoms with Crippen LogP contribution in [0.25, 0.3) is 11.1 Å². The number of carbonyl (C=O) groups is 7. The molecule has 0 saturated carbocycles. The van der Waals surface area contributed by atoms with Crippen molar-refractivity contribution in [2.75, 3.05) is 7.05 Å². The number of carbonyl (C=O) groups excluding carboxylic acids is 6. The molecule has 25 nitrogen and oxygen atoms in total. The number of aliphatic hydroxyl groups excluding tert-OH is 1. The molecule has 6 aliphatic heterocycles. The maximum atomic E-state index is 15.7. The number of fused-ring (bicyclic) bond motifs is 14. The van der Waals surface area contributed by atoms with Gasteiger partial charge in [0, 0.05) is 40.8 Å².